The summed E-state index contributed by atoms with van der Waals surface area (Å²) in [7, 11) is -2.37. The molecule has 0 aromatic heterocycles. The lowest BCUT2D eigenvalue weighted by Gasteiger charge is -2.14. The van der Waals surface area contributed by atoms with Gasteiger partial charge in [0.25, 0.3) is 5.91 Å². The van der Waals surface area contributed by atoms with Gasteiger partial charge in [0.1, 0.15) is 0 Å². The van der Waals surface area contributed by atoms with Gasteiger partial charge in [-0.05, 0) is 61.7 Å². The Morgan fingerprint density at radius 3 is 2.46 bits per heavy atom. The molecule has 2 rings (SSSR count). The molecular weight excluding hydrogens is 380 g/mol. The molecule has 0 saturated heterocycles. The van der Waals surface area contributed by atoms with E-state index in [-0.39, 0.29) is 4.90 Å². The van der Waals surface area contributed by atoms with E-state index in [1.807, 2.05) is 0 Å². The van der Waals surface area contributed by atoms with Crippen LogP contribution in [0.15, 0.2) is 35.2 Å². The number of carbonyl (C=O) groups is 1. The summed E-state index contributed by atoms with van der Waals surface area (Å²) in [5.41, 5.74) is 2.21. The number of ether oxygens (including phenoxy) is 2. The van der Waals surface area contributed by atoms with Crippen molar-refractivity contribution in [3.63, 3.8) is 0 Å². The number of nitrogens with two attached hydrogens (primary N) is 1. The topological polar surface area (TPSA) is 108 Å². The van der Waals surface area contributed by atoms with E-state index in [1.165, 1.54) is 19.2 Å². The molecular formula is C20H26N2O5S. The monoisotopic (exact) mass is 406 g/mol. The van der Waals surface area contributed by atoms with E-state index >= 15 is 0 Å². The predicted octanol–water partition coefficient (Wildman–Crippen LogP) is 3.39. The number of rotatable bonds is 8. The van der Waals surface area contributed by atoms with Crippen LogP contribution in [-0.2, 0) is 10.0 Å². The fourth-order valence-corrected chi connectivity index (χ4v) is 3.19. The number of primary sulfonamides is 1. The summed E-state index contributed by atoms with van der Waals surface area (Å²) in [5.74, 6) is 0.623. The molecule has 28 heavy (non-hydrogen) atoms. The summed E-state index contributed by atoms with van der Waals surface area (Å²) in [4.78, 5) is 12.6. The summed E-state index contributed by atoms with van der Waals surface area (Å²) in [5, 5.41) is 7.97. The minimum absolute atomic E-state index is 0.0526. The Morgan fingerprint density at radius 1 is 1.14 bits per heavy atom. The highest BCUT2D eigenvalue weighted by molar-refractivity contribution is 7.89. The van der Waals surface area contributed by atoms with Crippen LogP contribution in [0.2, 0.25) is 0 Å². The van der Waals surface area contributed by atoms with Crippen molar-refractivity contribution < 1.29 is 22.7 Å². The lowest BCUT2D eigenvalue weighted by Crippen LogP contribution is -2.16. The molecule has 8 heteroatoms. The highest BCUT2D eigenvalue weighted by Crippen LogP contribution is 2.29. The zero-order valence-corrected chi connectivity index (χ0v) is 17.4. The van der Waals surface area contributed by atoms with Crippen molar-refractivity contribution in [2.75, 3.05) is 19.0 Å². The van der Waals surface area contributed by atoms with E-state index in [1.54, 1.807) is 32.0 Å². The van der Waals surface area contributed by atoms with Gasteiger partial charge in [-0.25, -0.2) is 13.6 Å². The second kappa shape index (κ2) is 9.07. The fourth-order valence-electron chi connectivity index (χ4n) is 2.57. The lowest BCUT2D eigenvalue weighted by atomic mass is 10.1. The van der Waals surface area contributed by atoms with Gasteiger partial charge in [0.2, 0.25) is 10.0 Å². The summed E-state index contributed by atoms with van der Waals surface area (Å²) in [6.45, 7) is 6.19. The Hall–Kier alpha value is -2.58. The number of carbonyl (C=O) groups excluding carboxylic acids is 1. The first-order valence-corrected chi connectivity index (χ1v) is 10.5. The number of hydrogen-bond donors (Lipinski definition) is 2. The number of methoxy groups -OCH3 is 1. The second-order valence-electron chi connectivity index (χ2n) is 6.48. The van der Waals surface area contributed by atoms with Crippen LogP contribution in [0, 0.1) is 13.8 Å². The third-order valence-electron chi connectivity index (χ3n) is 4.40. The van der Waals surface area contributed by atoms with E-state index in [9.17, 15) is 13.2 Å². The third kappa shape index (κ3) is 5.24. The average Bonchev–Trinajstić information content (AvgIpc) is 2.64. The summed E-state index contributed by atoms with van der Waals surface area (Å²) < 4.78 is 34.3. The summed E-state index contributed by atoms with van der Waals surface area (Å²) in [6.07, 6.45) is 1.93. The van der Waals surface area contributed by atoms with Gasteiger partial charge in [0, 0.05) is 11.3 Å². The molecule has 3 N–H and O–H groups in total. The van der Waals surface area contributed by atoms with E-state index in [0.717, 1.165) is 18.4 Å². The standard InChI is InChI=1S/C20H26N2O5S/c1-5-6-9-27-18-8-7-15(11-19(18)26-4)20(23)22-17-12-16(28(21,24)25)10-13(2)14(17)3/h7-8,10-12H,5-6,9H2,1-4H3,(H,22,23)(H2,21,24,25). The first-order chi connectivity index (χ1) is 13.2. The molecule has 0 atom stereocenters. The number of unbranched alkanes of at least 4 members (excludes halogenated alkanes) is 1. The molecule has 152 valence electrons. The molecule has 0 heterocycles. The first kappa shape index (κ1) is 21.7. The minimum atomic E-state index is -3.88. The first-order valence-electron chi connectivity index (χ1n) is 8.93. The quantitative estimate of drug-likeness (QED) is 0.653. The van der Waals surface area contributed by atoms with Gasteiger partial charge in [-0.3, -0.25) is 4.79 Å². The van der Waals surface area contributed by atoms with Crippen molar-refractivity contribution >= 4 is 21.6 Å². The molecule has 0 radical (unpaired) electrons. The largest absolute Gasteiger partial charge is 0.493 e. The van der Waals surface area contributed by atoms with Gasteiger partial charge < -0.3 is 14.8 Å². The summed E-state index contributed by atoms with van der Waals surface area (Å²) in [6, 6.07) is 7.73. The van der Waals surface area contributed by atoms with Crippen LogP contribution in [-0.4, -0.2) is 28.0 Å². The Labute approximate surface area is 165 Å². The van der Waals surface area contributed by atoms with Gasteiger partial charge in [0.15, 0.2) is 11.5 Å². The number of sulfonamides is 1. The van der Waals surface area contributed by atoms with Crippen LogP contribution < -0.4 is 19.9 Å². The third-order valence-corrected chi connectivity index (χ3v) is 5.29. The fraction of sp³-hybridized carbons (Fsp3) is 0.350. The van der Waals surface area contributed by atoms with Gasteiger partial charge in [-0.1, -0.05) is 13.3 Å². The van der Waals surface area contributed by atoms with Gasteiger partial charge in [0.05, 0.1) is 18.6 Å². The minimum Gasteiger partial charge on any atom is -0.493 e. The van der Waals surface area contributed by atoms with Crippen LogP contribution in [0.4, 0.5) is 5.69 Å². The molecule has 0 aliphatic carbocycles. The van der Waals surface area contributed by atoms with E-state index in [2.05, 4.69) is 12.2 Å². The molecule has 0 unspecified atom stereocenters. The van der Waals surface area contributed by atoms with Crippen molar-refractivity contribution in [2.24, 2.45) is 5.14 Å². The van der Waals surface area contributed by atoms with Crippen molar-refractivity contribution in [1.82, 2.24) is 0 Å². The highest BCUT2D eigenvalue weighted by Gasteiger charge is 2.16. The molecule has 7 nitrogen and oxygen atoms in total. The Kier molecular flexibility index (Phi) is 7.04. The lowest BCUT2D eigenvalue weighted by molar-refractivity contribution is 0.102. The predicted molar refractivity (Wildman–Crippen MR) is 109 cm³/mol. The number of amides is 1. The maximum absolute atomic E-state index is 12.7. The number of anilines is 1. The SMILES string of the molecule is CCCCOc1ccc(C(=O)Nc2cc(S(N)(=O)=O)cc(C)c2C)cc1OC. The maximum Gasteiger partial charge on any atom is 0.255 e. The molecule has 0 aliphatic rings. The zero-order chi connectivity index (χ0) is 20.9. The molecule has 0 saturated carbocycles. The van der Waals surface area contributed by atoms with E-state index in [0.29, 0.717) is 34.9 Å². The van der Waals surface area contributed by atoms with Crippen molar-refractivity contribution in [2.45, 2.75) is 38.5 Å². The second-order valence-corrected chi connectivity index (χ2v) is 8.04. The van der Waals surface area contributed by atoms with E-state index in [4.69, 9.17) is 14.6 Å². The molecule has 0 aliphatic heterocycles. The smallest absolute Gasteiger partial charge is 0.255 e. The van der Waals surface area contributed by atoms with Crippen molar-refractivity contribution in [3.8, 4) is 11.5 Å². The average molecular weight is 407 g/mol. The van der Waals surface area contributed by atoms with Gasteiger partial charge in [-0.2, -0.15) is 0 Å². The number of nitrogens with one attached hydrogen (secondary N) is 1. The van der Waals surface area contributed by atoms with Crippen LogP contribution in [0.25, 0.3) is 0 Å². The molecule has 2 aromatic carbocycles. The Bertz CT molecular complexity index is 971. The number of hydrogen-bond acceptors (Lipinski definition) is 5. The summed E-state index contributed by atoms with van der Waals surface area (Å²) >= 11 is 0. The molecule has 2 aromatic rings. The number of benzene rings is 2. The Morgan fingerprint density at radius 2 is 1.86 bits per heavy atom. The Balaban J connectivity index is 2.29. The molecule has 0 spiro atoms. The maximum atomic E-state index is 12.7. The number of aryl methyl sites for hydroxylation is 1. The van der Waals surface area contributed by atoms with Gasteiger partial charge >= 0.3 is 0 Å². The highest BCUT2D eigenvalue weighted by atomic mass is 32.2. The molecule has 1 amide bonds. The van der Waals surface area contributed by atoms with Gasteiger partial charge in [-0.15, -0.1) is 0 Å². The van der Waals surface area contributed by atoms with Crippen molar-refractivity contribution in [3.05, 3.63) is 47.0 Å². The van der Waals surface area contributed by atoms with Crippen LogP contribution in [0.3, 0.4) is 0 Å². The van der Waals surface area contributed by atoms with Crippen LogP contribution in [0.5, 0.6) is 11.5 Å². The molecule has 0 bridgehead atoms. The van der Waals surface area contributed by atoms with E-state index < -0.39 is 15.9 Å². The normalized spacial score (nSPS) is 11.2. The zero-order valence-electron chi connectivity index (χ0n) is 16.5. The molecule has 0 fully saturated rings. The van der Waals surface area contributed by atoms with Crippen LogP contribution in [0.1, 0.15) is 41.3 Å². The van der Waals surface area contributed by atoms with Crippen molar-refractivity contribution in [1.29, 1.82) is 0 Å². The van der Waals surface area contributed by atoms with Crippen LogP contribution >= 0.6 is 0 Å².